The van der Waals surface area contributed by atoms with E-state index in [1.807, 2.05) is 0 Å². The maximum Gasteiger partial charge on any atom is 0.0546 e. The predicted molar refractivity (Wildman–Crippen MR) is 573 cm³/mol. The lowest BCUT2D eigenvalue weighted by Gasteiger charge is -2.30. The van der Waals surface area contributed by atoms with Gasteiger partial charge in [0.25, 0.3) is 0 Å². The molecule has 0 aliphatic rings. The Kier molecular flexibility index (Phi) is 25.7. The van der Waals surface area contributed by atoms with Crippen molar-refractivity contribution in [3.05, 3.63) is 582 Å². The molecule has 4 nitrogen and oxygen atoms in total. The summed E-state index contributed by atoms with van der Waals surface area (Å²) in [5.41, 5.74) is 30.6. The lowest BCUT2D eigenvalue weighted by Crippen LogP contribution is -2.12. The number of benzene rings is 23. The van der Waals surface area contributed by atoms with Gasteiger partial charge in [-0.15, -0.1) is 0 Å². The van der Waals surface area contributed by atoms with Crippen LogP contribution in [0.25, 0.3) is 121 Å². The van der Waals surface area contributed by atoms with Crippen LogP contribution >= 0.6 is 0 Å². The first kappa shape index (κ1) is 84.5. The number of nitrogens with zero attached hydrogens (tertiary/aromatic N) is 4. The van der Waals surface area contributed by atoms with Gasteiger partial charge in [-0.2, -0.15) is 0 Å². The molecule has 0 amide bonds. The molecule has 0 saturated carbocycles. The molecule has 0 unspecified atom stereocenters. The van der Waals surface area contributed by atoms with Crippen molar-refractivity contribution in [2.45, 2.75) is 0 Å². The summed E-state index contributed by atoms with van der Waals surface area (Å²) in [5, 5.41) is 9.87. The van der Waals surface area contributed by atoms with E-state index in [1.54, 1.807) is 0 Å². The number of anilines is 12. The minimum absolute atomic E-state index is 1.13. The lowest BCUT2D eigenvalue weighted by molar-refractivity contribution is 1.29. The van der Waals surface area contributed by atoms with Crippen LogP contribution in [0.2, 0.25) is 0 Å². The Morgan fingerprint density at radius 1 is 0.0896 bits per heavy atom. The number of rotatable bonds is 19. The molecule has 0 saturated heterocycles. The minimum Gasteiger partial charge on any atom is -0.310 e. The summed E-state index contributed by atoms with van der Waals surface area (Å²) in [4.78, 5) is 9.48. The SMILES string of the molecule is c1ccc(-c2cc3ccccc3cc2N(c2ccccc2)c2ccccc2)cc1.c1ccc(-c2ccc(N(c3ccccc3)c3cc4ccccc4cc3-c3ccccc3)cc2)cc1.c1ccc(-c2cccc(N(c3ccccc3)c3cc4ccccc4cc3-c3ccccc3)c2)cc1.c1ccc(-c2ccccc2N(c2ccccc2)c2cc3ccccc3cc2-c2ccccc2)cc1. The fourth-order valence-electron chi connectivity index (χ4n) is 18.0. The average molecular weight is 1710 g/mol. The molecule has 0 heterocycles. The Bertz CT molecular complexity index is 7760. The Balaban J connectivity index is 0.000000111. The fourth-order valence-corrected chi connectivity index (χ4v) is 18.0. The molecule has 0 aliphatic heterocycles. The molecule has 0 atom stereocenters. The van der Waals surface area contributed by atoms with Crippen molar-refractivity contribution in [1.29, 1.82) is 0 Å². The van der Waals surface area contributed by atoms with E-state index in [1.165, 1.54) is 127 Å². The van der Waals surface area contributed by atoms with E-state index in [0.717, 1.165) is 62.6 Å². The van der Waals surface area contributed by atoms with Crippen LogP contribution in [0.15, 0.2) is 582 Å². The molecule has 4 heteroatoms. The molecule has 23 aromatic rings. The summed E-state index contributed by atoms with van der Waals surface area (Å²) in [6.07, 6.45) is 0. The van der Waals surface area contributed by atoms with Gasteiger partial charge in [0.15, 0.2) is 0 Å². The number of hydrogen-bond acceptors (Lipinski definition) is 4. The van der Waals surface area contributed by atoms with Crippen molar-refractivity contribution >= 4 is 111 Å². The molecule has 134 heavy (non-hydrogen) atoms. The first-order valence-corrected chi connectivity index (χ1v) is 45.8. The van der Waals surface area contributed by atoms with Crippen molar-refractivity contribution in [2.24, 2.45) is 0 Å². The first-order valence-electron chi connectivity index (χ1n) is 45.8. The third-order valence-electron chi connectivity index (χ3n) is 24.5. The molecule has 23 rings (SSSR count). The molecule has 636 valence electrons. The van der Waals surface area contributed by atoms with E-state index in [2.05, 4.69) is 602 Å². The standard InChI is InChI=1S/3C34H25N.C28H21N/c1-4-14-26(15-5-1)31-22-12-13-23-33(31)35(30-20-8-3-9-21-30)34-25-29-19-11-10-18-28(29)24-32(34)27-16-6-2-7-17-27;1-4-13-26(14-5-1)28-19-12-22-32(23-28)35(31-20-8-3-9-21-31)34-25-30-18-11-10-17-29(30)24-33(34)27-15-6-2-7-16-27;1-4-12-26(13-5-1)27-20-22-32(23-21-27)35(31-18-8-3-9-19-31)34-25-30-17-11-10-16-29(30)24-33(34)28-14-6-2-7-15-28;1-4-12-22(13-5-1)27-20-23-14-10-11-15-24(23)21-28(27)29(25-16-6-2-7-17-25)26-18-8-3-9-19-26/h3*1-25H;1-21H. The highest BCUT2D eigenvalue weighted by Gasteiger charge is 2.25. The van der Waals surface area contributed by atoms with Crippen molar-refractivity contribution in [1.82, 2.24) is 0 Å². The van der Waals surface area contributed by atoms with Crippen LogP contribution in [-0.2, 0) is 0 Å². The minimum atomic E-state index is 1.13. The Morgan fingerprint density at radius 2 is 0.276 bits per heavy atom. The highest BCUT2D eigenvalue weighted by atomic mass is 15.2. The van der Waals surface area contributed by atoms with Crippen molar-refractivity contribution in [3.8, 4) is 77.9 Å². The van der Waals surface area contributed by atoms with Gasteiger partial charge >= 0.3 is 0 Å². The molecule has 0 fully saturated rings. The van der Waals surface area contributed by atoms with E-state index in [0.29, 0.717) is 0 Å². The average Bonchev–Trinajstić information content (AvgIpc) is 0.764. The van der Waals surface area contributed by atoms with E-state index in [-0.39, 0.29) is 0 Å². The maximum absolute atomic E-state index is 2.40. The third-order valence-corrected chi connectivity index (χ3v) is 24.5. The zero-order valence-electron chi connectivity index (χ0n) is 74.2. The summed E-state index contributed by atoms with van der Waals surface area (Å²) < 4.78 is 0. The second-order valence-corrected chi connectivity index (χ2v) is 33.1. The van der Waals surface area contributed by atoms with Crippen LogP contribution in [-0.4, -0.2) is 0 Å². The van der Waals surface area contributed by atoms with Crippen molar-refractivity contribution < 1.29 is 0 Å². The van der Waals surface area contributed by atoms with Gasteiger partial charge in [0.05, 0.1) is 28.4 Å². The van der Waals surface area contributed by atoms with E-state index in [9.17, 15) is 0 Å². The van der Waals surface area contributed by atoms with Gasteiger partial charge in [-0.25, -0.2) is 0 Å². The lowest BCUT2D eigenvalue weighted by atomic mass is 9.96. The normalized spacial score (nSPS) is 10.8. The monoisotopic (exact) mass is 1710 g/mol. The molecule has 0 bridgehead atoms. The summed E-state index contributed by atoms with van der Waals surface area (Å²) in [6, 6.07) is 207. The molecule has 0 aliphatic carbocycles. The molecular weight excluding hydrogens is 1620 g/mol. The van der Waals surface area contributed by atoms with Crippen LogP contribution < -0.4 is 19.6 Å². The second-order valence-electron chi connectivity index (χ2n) is 33.1. The zero-order chi connectivity index (χ0) is 89.8. The van der Waals surface area contributed by atoms with E-state index < -0.39 is 0 Å². The van der Waals surface area contributed by atoms with Crippen LogP contribution in [0, 0.1) is 0 Å². The second kappa shape index (κ2) is 40.7. The third kappa shape index (κ3) is 19.1. The van der Waals surface area contributed by atoms with Crippen LogP contribution in [0.5, 0.6) is 0 Å². The van der Waals surface area contributed by atoms with E-state index in [4.69, 9.17) is 0 Å². The summed E-state index contributed by atoms with van der Waals surface area (Å²) in [5.74, 6) is 0. The molecule has 0 spiro atoms. The molecule has 0 radical (unpaired) electrons. The molecule has 0 aromatic heterocycles. The van der Waals surface area contributed by atoms with Gasteiger partial charge in [0.2, 0.25) is 0 Å². The summed E-state index contributed by atoms with van der Waals surface area (Å²) in [6.45, 7) is 0. The van der Waals surface area contributed by atoms with E-state index >= 15 is 0 Å². The van der Waals surface area contributed by atoms with Gasteiger partial charge < -0.3 is 19.6 Å². The summed E-state index contributed by atoms with van der Waals surface area (Å²) in [7, 11) is 0. The van der Waals surface area contributed by atoms with Gasteiger partial charge in [-0.05, 0) is 233 Å². The summed E-state index contributed by atoms with van der Waals surface area (Å²) >= 11 is 0. The topological polar surface area (TPSA) is 13.0 Å². The molecular formula is C130H96N4. The zero-order valence-corrected chi connectivity index (χ0v) is 74.2. The number of fused-ring (bicyclic) bond motifs is 4. The van der Waals surface area contributed by atoms with Gasteiger partial charge in [0, 0.05) is 67.6 Å². The van der Waals surface area contributed by atoms with Crippen LogP contribution in [0.1, 0.15) is 0 Å². The van der Waals surface area contributed by atoms with Gasteiger partial charge in [0.1, 0.15) is 0 Å². The Hall–Kier alpha value is -17.7. The highest BCUT2D eigenvalue weighted by Crippen LogP contribution is 2.50. The predicted octanol–water partition coefficient (Wildman–Crippen LogP) is 36.9. The smallest absolute Gasteiger partial charge is 0.0546 e. The first-order chi connectivity index (χ1) is 66.5. The molecule has 0 N–H and O–H groups in total. The van der Waals surface area contributed by atoms with Crippen LogP contribution in [0.3, 0.4) is 0 Å². The fraction of sp³-hybridized carbons (Fsp3) is 0. The quantitative estimate of drug-likeness (QED) is 0.0800. The Morgan fingerprint density at radius 3 is 0.575 bits per heavy atom. The number of para-hydroxylation sites is 6. The van der Waals surface area contributed by atoms with Crippen molar-refractivity contribution in [2.75, 3.05) is 19.6 Å². The Labute approximate surface area is 785 Å². The van der Waals surface area contributed by atoms with Gasteiger partial charge in [-0.1, -0.05) is 443 Å². The van der Waals surface area contributed by atoms with Gasteiger partial charge in [-0.3, -0.25) is 0 Å². The van der Waals surface area contributed by atoms with Crippen LogP contribution in [0.4, 0.5) is 68.2 Å². The number of hydrogen-bond donors (Lipinski definition) is 0. The van der Waals surface area contributed by atoms with Crippen molar-refractivity contribution in [3.63, 3.8) is 0 Å². The molecule has 23 aromatic carbocycles. The largest absolute Gasteiger partial charge is 0.310 e. The highest BCUT2D eigenvalue weighted by molar-refractivity contribution is 6.04. The maximum atomic E-state index is 2.40.